The summed E-state index contributed by atoms with van der Waals surface area (Å²) in [6.07, 6.45) is 0.237. The van der Waals surface area contributed by atoms with Gasteiger partial charge in [-0.2, -0.15) is 0 Å². The van der Waals surface area contributed by atoms with Gasteiger partial charge in [-0.1, -0.05) is 6.07 Å². The van der Waals surface area contributed by atoms with Gasteiger partial charge in [-0.05, 0) is 19.9 Å². The van der Waals surface area contributed by atoms with Gasteiger partial charge in [0.1, 0.15) is 6.04 Å². The molecule has 1 unspecified atom stereocenters. The minimum Gasteiger partial charge on any atom is -0.480 e. The number of carboxylic acid groups (broad SMARTS) is 1. The molecule has 0 aromatic carbocycles. The summed E-state index contributed by atoms with van der Waals surface area (Å²) in [7, 11) is 0. The summed E-state index contributed by atoms with van der Waals surface area (Å²) >= 11 is 0. The fraction of sp³-hybridized carbons (Fsp3) is 0.455. The molecule has 5 heteroatoms. The van der Waals surface area contributed by atoms with E-state index < -0.39 is 12.0 Å². The number of aromatic nitrogens is 1. The van der Waals surface area contributed by atoms with Crippen molar-refractivity contribution in [1.82, 2.24) is 4.98 Å². The summed E-state index contributed by atoms with van der Waals surface area (Å²) in [5.41, 5.74) is 6.04. The zero-order chi connectivity index (χ0) is 12.1. The van der Waals surface area contributed by atoms with Crippen molar-refractivity contribution in [2.75, 3.05) is 0 Å². The van der Waals surface area contributed by atoms with Crippen molar-refractivity contribution in [3.05, 3.63) is 23.9 Å². The highest BCUT2D eigenvalue weighted by molar-refractivity contribution is 5.73. The van der Waals surface area contributed by atoms with Gasteiger partial charge in [-0.15, -0.1) is 0 Å². The Bertz CT molecular complexity index is 366. The summed E-state index contributed by atoms with van der Waals surface area (Å²) in [6.45, 7) is 3.80. The highest BCUT2D eigenvalue weighted by atomic mass is 16.5. The van der Waals surface area contributed by atoms with Crippen LogP contribution in [0.1, 0.15) is 19.5 Å². The average molecular weight is 224 g/mol. The van der Waals surface area contributed by atoms with Crippen LogP contribution in [0.2, 0.25) is 0 Å². The predicted molar refractivity (Wildman–Crippen MR) is 59.3 cm³/mol. The van der Waals surface area contributed by atoms with Crippen molar-refractivity contribution in [3.63, 3.8) is 0 Å². The van der Waals surface area contributed by atoms with Gasteiger partial charge < -0.3 is 15.6 Å². The van der Waals surface area contributed by atoms with Crippen molar-refractivity contribution >= 4 is 5.97 Å². The van der Waals surface area contributed by atoms with Crippen LogP contribution in [-0.2, 0) is 11.2 Å². The smallest absolute Gasteiger partial charge is 0.320 e. The summed E-state index contributed by atoms with van der Waals surface area (Å²) < 4.78 is 5.40. The number of carboxylic acids is 1. The van der Waals surface area contributed by atoms with Crippen LogP contribution < -0.4 is 10.5 Å². The van der Waals surface area contributed by atoms with Crippen LogP contribution in [0.25, 0.3) is 0 Å². The fourth-order valence-corrected chi connectivity index (χ4v) is 1.19. The highest BCUT2D eigenvalue weighted by Crippen LogP contribution is 2.10. The minimum absolute atomic E-state index is 0.0379. The lowest BCUT2D eigenvalue weighted by Gasteiger charge is -2.10. The molecule has 0 fully saturated rings. The van der Waals surface area contributed by atoms with Crippen molar-refractivity contribution < 1.29 is 14.6 Å². The Morgan fingerprint density at radius 3 is 2.81 bits per heavy atom. The van der Waals surface area contributed by atoms with Gasteiger partial charge >= 0.3 is 5.97 Å². The molecule has 0 bridgehead atoms. The topological polar surface area (TPSA) is 85.4 Å². The number of nitrogens with two attached hydrogens (primary N) is 1. The third kappa shape index (κ3) is 3.86. The first-order chi connectivity index (χ1) is 7.49. The number of pyridine rings is 1. The van der Waals surface area contributed by atoms with Crippen molar-refractivity contribution in [1.29, 1.82) is 0 Å². The van der Waals surface area contributed by atoms with E-state index in [0.717, 1.165) is 0 Å². The first-order valence-electron chi connectivity index (χ1n) is 5.10. The minimum atomic E-state index is -1.03. The van der Waals surface area contributed by atoms with Gasteiger partial charge in [0.25, 0.3) is 0 Å². The van der Waals surface area contributed by atoms with Crippen LogP contribution >= 0.6 is 0 Å². The normalized spacial score (nSPS) is 12.5. The van der Waals surface area contributed by atoms with E-state index in [4.69, 9.17) is 15.6 Å². The van der Waals surface area contributed by atoms with E-state index in [1.54, 1.807) is 18.2 Å². The Morgan fingerprint density at radius 1 is 1.56 bits per heavy atom. The van der Waals surface area contributed by atoms with Crippen LogP contribution in [0.3, 0.4) is 0 Å². The number of carbonyl (C=O) groups is 1. The van der Waals surface area contributed by atoms with Gasteiger partial charge in [0.2, 0.25) is 5.88 Å². The van der Waals surface area contributed by atoms with Crippen molar-refractivity contribution in [2.45, 2.75) is 32.4 Å². The van der Waals surface area contributed by atoms with Gasteiger partial charge in [0.15, 0.2) is 0 Å². The molecule has 3 N–H and O–H groups in total. The molecule has 1 atom stereocenters. The van der Waals surface area contributed by atoms with Gasteiger partial charge in [0, 0.05) is 18.2 Å². The molecule has 1 heterocycles. The number of hydrogen-bond acceptors (Lipinski definition) is 4. The van der Waals surface area contributed by atoms with Crippen LogP contribution in [0, 0.1) is 0 Å². The third-order valence-corrected chi connectivity index (χ3v) is 1.88. The molecule has 88 valence electrons. The van der Waals surface area contributed by atoms with E-state index in [0.29, 0.717) is 11.6 Å². The molecule has 0 aliphatic carbocycles. The van der Waals surface area contributed by atoms with Gasteiger partial charge in [-0.3, -0.25) is 4.79 Å². The largest absolute Gasteiger partial charge is 0.480 e. The maximum absolute atomic E-state index is 10.6. The molecule has 5 nitrogen and oxygen atoms in total. The lowest BCUT2D eigenvalue weighted by molar-refractivity contribution is -0.138. The molecule has 0 radical (unpaired) electrons. The van der Waals surface area contributed by atoms with Gasteiger partial charge in [0.05, 0.1) is 6.10 Å². The van der Waals surface area contributed by atoms with E-state index in [2.05, 4.69) is 4.98 Å². The number of ether oxygens (including phenoxy) is 1. The van der Waals surface area contributed by atoms with Crippen LogP contribution in [0.4, 0.5) is 0 Å². The Morgan fingerprint density at radius 2 is 2.25 bits per heavy atom. The molecule has 0 amide bonds. The Labute approximate surface area is 94.2 Å². The molecule has 0 saturated carbocycles. The van der Waals surface area contributed by atoms with E-state index >= 15 is 0 Å². The zero-order valence-corrected chi connectivity index (χ0v) is 9.38. The molecule has 0 aliphatic rings. The number of rotatable bonds is 5. The van der Waals surface area contributed by atoms with Gasteiger partial charge in [-0.25, -0.2) is 4.98 Å². The Hall–Kier alpha value is -1.62. The van der Waals surface area contributed by atoms with Crippen LogP contribution in [-0.4, -0.2) is 28.2 Å². The summed E-state index contributed by atoms with van der Waals surface area (Å²) in [5.74, 6) is -0.540. The summed E-state index contributed by atoms with van der Waals surface area (Å²) in [4.78, 5) is 14.8. The first kappa shape index (κ1) is 12.4. The SMILES string of the molecule is CC(C)Oc1cccc(CC(N)C(=O)O)n1. The standard InChI is InChI=1S/C11H16N2O3/c1-7(2)16-10-5-3-4-8(13-10)6-9(12)11(14)15/h3-5,7,9H,6,12H2,1-2H3,(H,14,15). The van der Waals surface area contributed by atoms with E-state index in [-0.39, 0.29) is 12.5 Å². The molecule has 1 aromatic rings. The highest BCUT2D eigenvalue weighted by Gasteiger charge is 2.13. The molecule has 0 aliphatic heterocycles. The first-order valence-corrected chi connectivity index (χ1v) is 5.10. The summed E-state index contributed by atoms with van der Waals surface area (Å²) in [6, 6.07) is 4.31. The number of aliphatic carboxylic acids is 1. The predicted octanol–water partition coefficient (Wildman–Crippen LogP) is 0.823. The monoisotopic (exact) mass is 224 g/mol. The molecule has 1 aromatic heterocycles. The lowest BCUT2D eigenvalue weighted by Crippen LogP contribution is -2.32. The molecule has 0 saturated heterocycles. The Kier molecular flexibility index (Phi) is 4.25. The third-order valence-electron chi connectivity index (χ3n) is 1.88. The second-order valence-corrected chi connectivity index (χ2v) is 3.78. The van der Waals surface area contributed by atoms with E-state index in [1.807, 2.05) is 13.8 Å². The quantitative estimate of drug-likeness (QED) is 0.773. The van der Waals surface area contributed by atoms with E-state index in [9.17, 15) is 4.79 Å². The zero-order valence-electron chi connectivity index (χ0n) is 9.38. The van der Waals surface area contributed by atoms with Crippen LogP contribution in [0.15, 0.2) is 18.2 Å². The number of nitrogens with zero attached hydrogens (tertiary/aromatic N) is 1. The maximum Gasteiger partial charge on any atom is 0.320 e. The molecule has 1 rings (SSSR count). The van der Waals surface area contributed by atoms with Crippen molar-refractivity contribution in [3.8, 4) is 5.88 Å². The summed E-state index contributed by atoms with van der Waals surface area (Å²) in [5, 5.41) is 8.67. The number of hydrogen-bond donors (Lipinski definition) is 2. The second kappa shape index (κ2) is 5.46. The van der Waals surface area contributed by atoms with E-state index in [1.165, 1.54) is 0 Å². The van der Waals surface area contributed by atoms with Crippen molar-refractivity contribution in [2.24, 2.45) is 5.73 Å². The second-order valence-electron chi connectivity index (χ2n) is 3.78. The molecular formula is C11H16N2O3. The molecule has 0 spiro atoms. The molecule has 16 heavy (non-hydrogen) atoms. The maximum atomic E-state index is 10.6. The average Bonchev–Trinajstić information content (AvgIpc) is 2.16. The van der Waals surface area contributed by atoms with Crippen LogP contribution in [0.5, 0.6) is 5.88 Å². The fourth-order valence-electron chi connectivity index (χ4n) is 1.19. The lowest BCUT2D eigenvalue weighted by atomic mass is 10.1. The molecular weight excluding hydrogens is 208 g/mol. The Balaban J connectivity index is 2.70.